The molecule has 1 aromatic heterocycles. The third-order valence-electron chi connectivity index (χ3n) is 2.80. The van der Waals surface area contributed by atoms with Gasteiger partial charge in [-0.3, -0.25) is 5.10 Å². The van der Waals surface area contributed by atoms with Crippen LogP contribution in [0.15, 0.2) is 6.07 Å². The van der Waals surface area contributed by atoms with Crippen molar-refractivity contribution in [3.8, 4) is 0 Å². The van der Waals surface area contributed by atoms with Crippen LogP contribution in [0.3, 0.4) is 0 Å². The molecule has 1 aliphatic rings. The van der Waals surface area contributed by atoms with Crippen molar-refractivity contribution in [2.24, 2.45) is 11.7 Å². The Labute approximate surface area is 84.3 Å². The molecule has 4 heteroatoms. The van der Waals surface area contributed by atoms with Crippen molar-refractivity contribution in [3.05, 3.63) is 17.5 Å². The molecule has 1 saturated heterocycles. The molecule has 0 saturated carbocycles. The van der Waals surface area contributed by atoms with Gasteiger partial charge in [-0.25, -0.2) is 0 Å². The minimum absolute atomic E-state index is 0.552. The number of hydrogen-bond donors (Lipinski definition) is 3. The van der Waals surface area contributed by atoms with E-state index in [9.17, 15) is 0 Å². The Bertz CT molecular complexity index is 275. The van der Waals surface area contributed by atoms with Gasteiger partial charge in [-0.1, -0.05) is 0 Å². The number of hydrogen-bond acceptors (Lipinski definition) is 3. The van der Waals surface area contributed by atoms with Crippen LogP contribution in [0.4, 0.5) is 0 Å². The Hall–Kier alpha value is -0.870. The zero-order chi connectivity index (χ0) is 9.80. The van der Waals surface area contributed by atoms with E-state index in [1.807, 2.05) is 0 Å². The van der Waals surface area contributed by atoms with Crippen LogP contribution in [0, 0.1) is 5.92 Å². The Morgan fingerprint density at radius 2 is 2.50 bits per heavy atom. The number of nitrogens with two attached hydrogens (primary N) is 1. The molecule has 0 radical (unpaired) electrons. The smallest absolute Gasteiger partial charge is 0.0628 e. The van der Waals surface area contributed by atoms with Gasteiger partial charge in [-0.05, 0) is 44.3 Å². The van der Waals surface area contributed by atoms with E-state index in [0.29, 0.717) is 6.54 Å². The largest absolute Gasteiger partial charge is 0.325 e. The second-order valence-corrected chi connectivity index (χ2v) is 4.01. The van der Waals surface area contributed by atoms with E-state index < -0.39 is 0 Å². The van der Waals surface area contributed by atoms with Gasteiger partial charge in [0.2, 0.25) is 0 Å². The van der Waals surface area contributed by atoms with Gasteiger partial charge in [0.05, 0.1) is 5.69 Å². The van der Waals surface area contributed by atoms with Crippen LogP contribution in [0.2, 0.25) is 0 Å². The number of aromatic nitrogens is 2. The number of nitrogens with zero attached hydrogens (tertiary/aromatic N) is 1. The van der Waals surface area contributed by atoms with E-state index in [-0.39, 0.29) is 0 Å². The van der Waals surface area contributed by atoms with E-state index in [4.69, 9.17) is 5.73 Å². The fraction of sp³-hybridized carbons (Fsp3) is 0.700. The summed E-state index contributed by atoms with van der Waals surface area (Å²) in [6.07, 6.45) is 3.68. The van der Waals surface area contributed by atoms with Gasteiger partial charge in [0.25, 0.3) is 0 Å². The SMILES string of the molecule is NCc1cc(CC2CCCNC2)n[nH]1. The molecule has 1 atom stereocenters. The Morgan fingerprint density at radius 1 is 1.57 bits per heavy atom. The number of rotatable bonds is 3. The van der Waals surface area contributed by atoms with Gasteiger partial charge < -0.3 is 11.1 Å². The predicted molar refractivity (Wildman–Crippen MR) is 55.8 cm³/mol. The monoisotopic (exact) mass is 194 g/mol. The van der Waals surface area contributed by atoms with E-state index >= 15 is 0 Å². The van der Waals surface area contributed by atoms with Crippen molar-refractivity contribution in [1.82, 2.24) is 15.5 Å². The molecular formula is C10H18N4. The summed E-state index contributed by atoms with van der Waals surface area (Å²) in [5, 5.41) is 10.6. The molecule has 0 bridgehead atoms. The molecule has 1 aliphatic heterocycles. The molecule has 2 rings (SSSR count). The molecule has 0 aromatic carbocycles. The van der Waals surface area contributed by atoms with Crippen LogP contribution in [-0.4, -0.2) is 23.3 Å². The highest BCUT2D eigenvalue weighted by Gasteiger charge is 2.14. The highest BCUT2D eigenvalue weighted by Crippen LogP contribution is 2.15. The third kappa shape index (κ3) is 2.33. The molecule has 0 spiro atoms. The highest BCUT2D eigenvalue weighted by molar-refractivity contribution is 5.09. The Balaban J connectivity index is 1.89. The highest BCUT2D eigenvalue weighted by atomic mass is 15.1. The minimum atomic E-state index is 0.552. The predicted octanol–water partition coefficient (Wildman–Crippen LogP) is 0.410. The summed E-state index contributed by atoms with van der Waals surface area (Å²) in [5.41, 5.74) is 7.70. The van der Waals surface area contributed by atoms with Crippen molar-refractivity contribution in [2.75, 3.05) is 13.1 Å². The number of nitrogens with one attached hydrogen (secondary N) is 2. The van der Waals surface area contributed by atoms with Crippen LogP contribution >= 0.6 is 0 Å². The molecule has 1 unspecified atom stereocenters. The van der Waals surface area contributed by atoms with Gasteiger partial charge in [0, 0.05) is 12.2 Å². The normalized spacial score (nSPS) is 22.5. The van der Waals surface area contributed by atoms with Crippen molar-refractivity contribution in [3.63, 3.8) is 0 Å². The van der Waals surface area contributed by atoms with Crippen LogP contribution in [0.5, 0.6) is 0 Å². The molecule has 1 aromatic rings. The first-order chi connectivity index (χ1) is 6.88. The molecule has 2 heterocycles. The lowest BCUT2D eigenvalue weighted by molar-refractivity contribution is 0.373. The fourth-order valence-electron chi connectivity index (χ4n) is 2.01. The number of aromatic amines is 1. The first-order valence-electron chi connectivity index (χ1n) is 5.32. The zero-order valence-corrected chi connectivity index (χ0v) is 8.42. The maximum Gasteiger partial charge on any atom is 0.0628 e. The van der Waals surface area contributed by atoms with E-state index in [1.54, 1.807) is 0 Å². The van der Waals surface area contributed by atoms with Crippen LogP contribution in [0.1, 0.15) is 24.2 Å². The summed E-state index contributed by atoms with van der Waals surface area (Å²) >= 11 is 0. The van der Waals surface area contributed by atoms with Crippen molar-refractivity contribution in [2.45, 2.75) is 25.8 Å². The average molecular weight is 194 g/mol. The van der Waals surface area contributed by atoms with Gasteiger partial charge in [-0.15, -0.1) is 0 Å². The van der Waals surface area contributed by atoms with Gasteiger partial charge in [-0.2, -0.15) is 5.10 Å². The number of H-pyrrole nitrogens is 1. The lowest BCUT2D eigenvalue weighted by atomic mass is 9.95. The summed E-state index contributed by atoms with van der Waals surface area (Å²) in [6, 6.07) is 2.08. The van der Waals surface area contributed by atoms with E-state index in [0.717, 1.165) is 30.3 Å². The standard InChI is InChI=1S/C10H18N4/c11-6-10-5-9(13-14-10)4-8-2-1-3-12-7-8/h5,8,12H,1-4,6-7,11H2,(H,13,14). The minimum Gasteiger partial charge on any atom is -0.325 e. The van der Waals surface area contributed by atoms with Gasteiger partial charge in [0.15, 0.2) is 0 Å². The van der Waals surface area contributed by atoms with Crippen molar-refractivity contribution in [1.29, 1.82) is 0 Å². The molecule has 78 valence electrons. The Morgan fingerprint density at radius 3 is 3.14 bits per heavy atom. The maximum atomic E-state index is 5.51. The summed E-state index contributed by atoms with van der Waals surface area (Å²) in [7, 11) is 0. The van der Waals surface area contributed by atoms with Gasteiger partial charge >= 0.3 is 0 Å². The first kappa shape index (κ1) is 9.68. The quantitative estimate of drug-likeness (QED) is 0.653. The molecule has 4 nitrogen and oxygen atoms in total. The molecule has 0 amide bonds. The van der Waals surface area contributed by atoms with Crippen molar-refractivity contribution >= 4 is 0 Å². The lowest BCUT2D eigenvalue weighted by Crippen LogP contribution is -2.30. The topological polar surface area (TPSA) is 66.7 Å². The molecule has 4 N–H and O–H groups in total. The second kappa shape index (κ2) is 4.57. The summed E-state index contributed by atoms with van der Waals surface area (Å²) in [5.74, 6) is 0.748. The molecule has 1 fully saturated rings. The van der Waals surface area contributed by atoms with Gasteiger partial charge in [0.1, 0.15) is 0 Å². The molecule has 0 aliphatic carbocycles. The molecule has 14 heavy (non-hydrogen) atoms. The average Bonchev–Trinajstić information content (AvgIpc) is 2.67. The number of piperidine rings is 1. The Kier molecular flexibility index (Phi) is 3.16. The first-order valence-corrected chi connectivity index (χ1v) is 5.32. The van der Waals surface area contributed by atoms with E-state index in [2.05, 4.69) is 21.6 Å². The van der Waals surface area contributed by atoms with E-state index in [1.165, 1.54) is 19.4 Å². The summed E-state index contributed by atoms with van der Waals surface area (Å²) < 4.78 is 0. The van der Waals surface area contributed by atoms with Crippen LogP contribution in [0.25, 0.3) is 0 Å². The lowest BCUT2D eigenvalue weighted by Gasteiger charge is -2.21. The van der Waals surface area contributed by atoms with Crippen LogP contribution in [-0.2, 0) is 13.0 Å². The summed E-state index contributed by atoms with van der Waals surface area (Å²) in [6.45, 7) is 2.85. The van der Waals surface area contributed by atoms with Crippen molar-refractivity contribution < 1.29 is 0 Å². The second-order valence-electron chi connectivity index (χ2n) is 4.01. The maximum absolute atomic E-state index is 5.51. The summed E-state index contributed by atoms with van der Waals surface area (Å²) in [4.78, 5) is 0. The van der Waals surface area contributed by atoms with Crippen LogP contribution < -0.4 is 11.1 Å². The third-order valence-corrected chi connectivity index (χ3v) is 2.80. The fourth-order valence-corrected chi connectivity index (χ4v) is 2.01. The zero-order valence-electron chi connectivity index (χ0n) is 8.42. The molecular weight excluding hydrogens is 176 g/mol.